The highest BCUT2D eigenvalue weighted by Crippen LogP contribution is 2.10. The summed E-state index contributed by atoms with van der Waals surface area (Å²) in [5.74, 6) is 0.366. The van der Waals surface area contributed by atoms with Crippen LogP contribution in [0.2, 0.25) is 0 Å². The maximum atomic E-state index is 12.1. The molecule has 0 fully saturated rings. The number of anilines is 1. The Morgan fingerprint density at radius 2 is 1.73 bits per heavy atom. The number of esters is 1. The molecule has 6 nitrogen and oxygen atoms in total. The van der Waals surface area contributed by atoms with Crippen molar-refractivity contribution >= 4 is 17.6 Å². The third kappa shape index (κ3) is 6.57. The van der Waals surface area contributed by atoms with Crippen LogP contribution in [0.4, 0.5) is 5.69 Å². The van der Waals surface area contributed by atoms with Gasteiger partial charge in [0.05, 0.1) is 19.2 Å². The van der Waals surface area contributed by atoms with E-state index in [0.29, 0.717) is 37.6 Å². The summed E-state index contributed by atoms with van der Waals surface area (Å²) in [4.78, 5) is 24.8. The molecule has 0 spiro atoms. The number of hydrogen-bond acceptors (Lipinski definition) is 4. The molecule has 0 saturated carbocycles. The second kappa shape index (κ2) is 10.2. The lowest BCUT2D eigenvalue weighted by Gasteiger charge is -2.14. The molecule has 0 bridgehead atoms. The summed E-state index contributed by atoms with van der Waals surface area (Å²) in [7, 11) is 1.94. The number of benzene rings is 2. The van der Waals surface area contributed by atoms with Gasteiger partial charge in [-0.25, -0.2) is 4.79 Å². The fraction of sp³-hybridized carbons (Fsp3) is 0.300. The molecular formula is C20H25N2O4+. The monoisotopic (exact) mass is 357 g/mol. The van der Waals surface area contributed by atoms with E-state index in [9.17, 15) is 9.59 Å². The van der Waals surface area contributed by atoms with Crippen molar-refractivity contribution in [2.75, 3.05) is 38.7 Å². The summed E-state index contributed by atoms with van der Waals surface area (Å²) >= 11 is 0. The Hall–Kier alpha value is -2.86. The van der Waals surface area contributed by atoms with Gasteiger partial charge < -0.3 is 19.7 Å². The summed E-state index contributed by atoms with van der Waals surface area (Å²) in [6.07, 6.45) is 0. The van der Waals surface area contributed by atoms with Gasteiger partial charge in [-0.15, -0.1) is 0 Å². The number of nitrogens with one attached hydrogen (secondary N) is 2. The summed E-state index contributed by atoms with van der Waals surface area (Å²) in [5, 5.41) is 2.83. The smallest absolute Gasteiger partial charge is 0.338 e. The predicted octanol–water partition coefficient (Wildman–Crippen LogP) is 1.40. The summed E-state index contributed by atoms with van der Waals surface area (Å²) in [5.41, 5.74) is 1.11. The zero-order valence-corrected chi connectivity index (χ0v) is 15.2. The number of amides is 1. The van der Waals surface area contributed by atoms with Crippen LogP contribution in [0.15, 0.2) is 54.6 Å². The first-order chi connectivity index (χ1) is 12.6. The summed E-state index contributed by atoms with van der Waals surface area (Å²) < 4.78 is 10.6. The van der Waals surface area contributed by atoms with Crippen LogP contribution in [-0.4, -0.2) is 45.2 Å². The lowest BCUT2D eigenvalue weighted by molar-refractivity contribution is -0.871. The highest BCUT2D eigenvalue weighted by atomic mass is 16.5. The van der Waals surface area contributed by atoms with Crippen LogP contribution in [0, 0.1) is 0 Å². The quantitative estimate of drug-likeness (QED) is 0.666. The SMILES string of the molecule is CCOC(=O)c1ccc(NC(=O)C[NH+](C)CCOc2ccccc2)cc1. The fourth-order valence-corrected chi connectivity index (χ4v) is 2.33. The molecule has 2 N–H and O–H groups in total. The van der Waals surface area contributed by atoms with Crippen molar-refractivity contribution in [1.29, 1.82) is 0 Å². The Bertz CT molecular complexity index is 702. The van der Waals surface area contributed by atoms with E-state index in [-0.39, 0.29) is 11.9 Å². The lowest BCUT2D eigenvalue weighted by atomic mass is 10.2. The first kappa shape index (κ1) is 19.5. The van der Waals surface area contributed by atoms with Gasteiger partial charge in [0, 0.05) is 5.69 Å². The van der Waals surface area contributed by atoms with E-state index in [1.54, 1.807) is 31.2 Å². The number of hydrogen-bond donors (Lipinski definition) is 2. The third-order valence-electron chi connectivity index (χ3n) is 3.68. The molecule has 1 atom stereocenters. The van der Waals surface area contributed by atoms with E-state index >= 15 is 0 Å². The number of carbonyl (C=O) groups is 2. The molecule has 2 aromatic carbocycles. The largest absolute Gasteiger partial charge is 0.488 e. The zero-order valence-electron chi connectivity index (χ0n) is 15.2. The Labute approximate surface area is 153 Å². The van der Waals surface area contributed by atoms with Gasteiger partial charge in [0.15, 0.2) is 6.54 Å². The Morgan fingerprint density at radius 3 is 2.38 bits per heavy atom. The van der Waals surface area contributed by atoms with Gasteiger partial charge in [0.25, 0.3) is 5.91 Å². The molecule has 0 radical (unpaired) electrons. The van der Waals surface area contributed by atoms with Crippen molar-refractivity contribution in [1.82, 2.24) is 0 Å². The van der Waals surface area contributed by atoms with Gasteiger partial charge in [0.1, 0.15) is 18.9 Å². The van der Waals surface area contributed by atoms with Crippen molar-refractivity contribution < 1.29 is 24.0 Å². The number of quaternary nitrogens is 1. The van der Waals surface area contributed by atoms with Crippen molar-refractivity contribution in [2.45, 2.75) is 6.92 Å². The van der Waals surface area contributed by atoms with Crippen LogP contribution in [0.25, 0.3) is 0 Å². The van der Waals surface area contributed by atoms with Crippen LogP contribution < -0.4 is 15.0 Å². The van der Waals surface area contributed by atoms with Crippen molar-refractivity contribution in [3.05, 3.63) is 60.2 Å². The first-order valence-electron chi connectivity index (χ1n) is 8.64. The maximum Gasteiger partial charge on any atom is 0.338 e. The number of likely N-dealkylation sites (N-methyl/N-ethyl adjacent to an activating group) is 1. The molecule has 1 amide bonds. The molecule has 0 aliphatic carbocycles. The lowest BCUT2D eigenvalue weighted by Crippen LogP contribution is -3.10. The van der Waals surface area contributed by atoms with Crippen LogP contribution in [-0.2, 0) is 9.53 Å². The molecular weight excluding hydrogens is 332 g/mol. The van der Waals surface area contributed by atoms with E-state index in [2.05, 4.69) is 5.32 Å². The maximum absolute atomic E-state index is 12.1. The van der Waals surface area contributed by atoms with Crippen LogP contribution in [0.1, 0.15) is 17.3 Å². The molecule has 2 rings (SSSR count). The van der Waals surface area contributed by atoms with Gasteiger partial charge in [-0.2, -0.15) is 0 Å². The Balaban J connectivity index is 1.72. The molecule has 1 unspecified atom stereocenters. The molecule has 0 aromatic heterocycles. The average Bonchev–Trinajstić information content (AvgIpc) is 2.63. The van der Waals surface area contributed by atoms with E-state index in [0.717, 1.165) is 10.6 Å². The number of para-hydroxylation sites is 1. The van der Waals surface area contributed by atoms with Crippen LogP contribution in [0.3, 0.4) is 0 Å². The molecule has 26 heavy (non-hydrogen) atoms. The normalized spacial score (nSPS) is 11.5. The second-order valence-electron chi connectivity index (χ2n) is 5.89. The van der Waals surface area contributed by atoms with Crippen molar-refractivity contribution in [2.24, 2.45) is 0 Å². The standard InChI is InChI=1S/C20H24N2O4/c1-3-25-20(24)16-9-11-17(12-10-16)21-19(23)15-22(2)13-14-26-18-7-5-4-6-8-18/h4-12H,3,13-15H2,1-2H3,(H,21,23)/p+1. The van der Waals surface area contributed by atoms with Gasteiger partial charge in [-0.3, -0.25) is 4.79 Å². The number of carbonyl (C=O) groups excluding carboxylic acids is 2. The van der Waals surface area contributed by atoms with Gasteiger partial charge in [-0.05, 0) is 43.3 Å². The molecule has 0 saturated heterocycles. The Kier molecular flexibility index (Phi) is 7.64. The molecule has 0 aliphatic rings. The average molecular weight is 357 g/mol. The van der Waals surface area contributed by atoms with Gasteiger partial charge in [-0.1, -0.05) is 18.2 Å². The molecule has 2 aromatic rings. The van der Waals surface area contributed by atoms with E-state index < -0.39 is 0 Å². The minimum absolute atomic E-state index is 0.0916. The minimum Gasteiger partial charge on any atom is -0.488 e. The summed E-state index contributed by atoms with van der Waals surface area (Å²) in [6.45, 7) is 3.68. The molecule has 138 valence electrons. The second-order valence-corrected chi connectivity index (χ2v) is 5.89. The molecule has 0 aliphatic heterocycles. The van der Waals surface area contributed by atoms with Gasteiger partial charge >= 0.3 is 5.97 Å². The van der Waals surface area contributed by atoms with Crippen molar-refractivity contribution in [3.63, 3.8) is 0 Å². The van der Waals surface area contributed by atoms with Crippen LogP contribution >= 0.6 is 0 Å². The third-order valence-corrected chi connectivity index (χ3v) is 3.68. The van der Waals surface area contributed by atoms with Crippen LogP contribution in [0.5, 0.6) is 5.75 Å². The van der Waals surface area contributed by atoms with Crippen molar-refractivity contribution in [3.8, 4) is 5.75 Å². The molecule has 0 heterocycles. The predicted molar refractivity (Wildman–Crippen MR) is 99.6 cm³/mol. The number of rotatable bonds is 9. The zero-order chi connectivity index (χ0) is 18.8. The van der Waals surface area contributed by atoms with Gasteiger partial charge in [0.2, 0.25) is 0 Å². The first-order valence-corrected chi connectivity index (χ1v) is 8.64. The van der Waals surface area contributed by atoms with E-state index in [4.69, 9.17) is 9.47 Å². The topological polar surface area (TPSA) is 69.1 Å². The fourth-order valence-electron chi connectivity index (χ4n) is 2.33. The van der Waals surface area contributed by atoms with E-state index in [1.807, 2.05) is 37.4 Å². The molecule has 6 heteroatoms. The number of ether oxygens (including phenoxy) is 2. The van der Waals surface area contributed by atoms with E-state index in [1.165, 1.54) is 0 Å². The highest BCUT2D eigenvalue weighted by Gasteiger charge is 2.11. The highest BCUT2D eigenvalue weighted by molar-refractivity contribution is 5.93. The summed E-state index contributed by atoms with van der Waals surface area (Å²) in [6, 6.07) is 16.3. The minimum atomic E-state index is -0.368. The Morgan fingerprint density at radius 1 is 1.04 bits per heavy atom.